The van der Waals surface area contributed by atoms with E-state index in [1.54, 1.807) is 25.3 Å². The number of phenolic OH excluding ortho intramolecular Hbond substituents is 2. The van der Waals surface area contributed by atoms with Crippen molar-refractivity contribution in [2.45, 2.75) is 0 Å². The second kappa shape index (κ2) is 8.21. The van der Waals surface area contributed by atoms with Crippen molar-refractivity contribution in [1.29, 1.82) is 0 Å². The van der Waals surface area contributed by atoms with Crippen molar-refractivity contribution in [3.8, 4) is 23.0 Å². The minimum absolute atomic E-state index is 0.0628. The number of benzene rings is 2. The van der Waals surface area contributed by atoms with Crippen LogP contribution in [0.15, 0.2) is 46.0 Å². The lowest BCUT2D eigenvalue weighted by Gasteiger charge is -2.08. The summed E-state index contributed by atoms with van der Waals surface area (Å²) in [5, 5.41) is 22.5. The average Bonchev–Trinajstić information content (AvgIpc) is 2.55. The summed E-state index contributed by atoms with van der Waals surface area (Å²) < 4.78 is 11.1. The Hall–Kier alpha value is -2.74. The summed E-state index contributed by atoms with van der Waals surface area (Å²) in [6.07, 6.45) is 1.26. The van der Waals surface area contributed by atoms with Crippen LogP contribution in [0.25, 0.3) is 0 Å². The fourth-order valence-electron chi connectivity index (χ4n) is 1.72. The molecule has 126 valence electrons. The van der Waals surface area contributed by atoms with Crippen molar-refractivity contribution in [1.82, 2.24) is 5.43 Å². The van der Waals surface area contributed by atoms with E-state index in [0.717, 1.165) is 0 Å². The van der Waals surface area contributed by atoms with Gasteiger partial charge < -0.3 is 19.7 Å². The normalized spacial score (nSPS) is 10.6. The maximum atomic E-state index is 11.7. The summed E-state index contributed by atoms with van der Waals surface area (Å²) in [7, 11) is 1.56. The van der Waals surface area contributed by atoms with Gasteiger partial charge in [-0.15, -0.1) is 0 Å². The van der Waals surface area contributed by atoms with Crippen molar-refractivity contribution in [3.05, 3.63) is 46.4 Å². The molecule has 2 rings (SSSR count). The van der Waals surface area contributed by atoms with Crippen molar-refractivity contribution >= 4 is 28.1 Å². The number of nitrogens with zero attached hydrogens (tertiary/aromatic N) is 1. The lowest BCUT2D eigenvalue weighted by atomic mass is 10.2. The highest BCUT2D eigenvalue weighted by Gasteiger charge is 2.06. The number of phenols is 2. The molecule has 1 amide bonds. The summed E-state index contributed by atoms with van der Waals surface area (Å²) in [6, 6.07) is 9.14. The zero-order valence-electron chi connectivity index (χ0n) is 12.7. The van der Waals surface area contributed by atoms with E-state index in [4.69, 9.17) is 9.47 Å². The molecule has 0 aliphatic rings. The summed E-state index contributed by atoms with van der Waals surface area (Å²) in [5.41, 5.74) is 2.63. The summed E-state index contributed by atoms with van der Waals surface area (Å²) in [5.74, 6) is 0.480. The molecule has 0 spiro atoms. The van der Waals surface area contributed by atoms with Gasteiger partial charge in [-0.1, -0.05) is 0 Å². The number of methoxy groups -OCH3 is 1. The van der Waals surface area contributed by atoms with Gasteiger partial charge >= 0.3 is 0 Å². The third kappa shape index (κ3) is 4.88. The van der Waals surface area contributed by atoms with E-state index in [-0.39, 0.29) is 18.1 Å². The van der Waals surface area contributed by atoms with Crippen LogP contribution < -0.4 is 14.9 Å². The van der Waals surface area contributed by atoms with Gasteiger partial charge in [-0.2, -0.15) is 5.10 Å². The average molecular weight is 395 g/mol. The summed E-state index contributed by atoms with van der Waals surface area (Å²) in [4.78, 5) is 11.7. The maximum Gasteiger partial charge on any atom is 0.277 e. The largest absolute Gasteiger partial charge is 0.508 e. The first kappa shape index (κ1) is 17.6. The Morgan fingerprint density at radius 2 is 2.08 bits per heavy atom. The van der Waals surface area contributed by atoms with Crippen LogP contribution in [0.4, 0.5) is 0 Å². The SMILES string of the molecule is COc1ccc(OCC(=O)NN=Cc2ccc(O)cc2O)c(Br)c1. The van der Waals surface area contributed by atoms with Crippen LogP contribution in [0.2, 0.25) is 0 Å². The van der Waals surface area contributed by atoms with Gasteiger partial charge in [0, 0.05) is 11.6 Å². The van der Waals surface area contributed by atoms with E-state index >= 15 is 0 Å². The Bertz CT molecular complexity index is 764. The molecule has 0 saturated heterocycles. The number of rotatable bonds is 6. The molecule has 3 N–H and O–H groups in total. The van der Waals surface area contributed by atoms with Gasteiger partial charge in [0.1, 0.15) is 23.0 Å². The Labute approximate surface area is 146 Å². The number of ether oxygens (including phenoxy) is 2. The molecule has 0 radical (unpaired) electrons. The molecule has 2 aromatic carbocycles. The molecule has 0 aliphatic carbocycles. The van der Waals surface area contributed by atoms with Gasteiger partial charge in [-0.25, -0.2) is 5.43 Å². The molecule has 24 heavy (non-hydrogen) atoms. The first-order valence-corrected chi connectivity index (χ1v) is 7.59. The van der Waals surface area contributed by atoms with E-state index in [2.05, 4.69) is 26.5 Å². The lowest BCUT2D eigenvalue weighted by Crippen LogP contribution is -2.24. The number of hydrogen-bond donors (Lipinski definition) is 3. The standard InChI is InChI=1S/C16H15BrN2O5/c1-23-12-4-5-15(13(17)7-12)24-9-16(22)19-18-8-10-2-3-11(20)6-14(10)21/h2-8,20-21H,9H2,1H3,(H,19,22). The predicted molar refractivity (Wildman–Crippen MR) is 91.7 cm³/mol. The molecular weight excluding hydrogens is 380 g/mol. The van der Waals surface area contributed by atoms with Crippen molar-refractivity contribution in [3.63, 3.8) is 0 Å². The van der Waals surface area contributed by atoms with Gasteiger partial charge in [0.15, 0.2) is 6.61 Å². The van der Waals surface area contributed by atoms with Crippen LogP contribution in [0.5, 0.6) is 23.0 Å². The molecule has 0 aromatic heterocycles. The zero-order chi connectivity index (χ0) is 17.5. The third-order valence-corrected chi connectivity index (χ3v) is 3.52. The number of halogens is 1. The zero-order valence-corrected chi connectivity index (χ0v) is 14.3. The lowest BCUT2D eigenvalue weighted by molar-refractivity contribution is -0.123. The molecule has 7 nitrogen and oxygen atoms in total. The van der Waals surface area contributed by atoms with Crippen LogP contribution in [-0.2, 0) is 4.79 Å². The summed E-state index contributed by atoms with van der Waals surface area (Å²) in [6.45, 7) is -0.232. The van der Waals surface area contributed by atoms with Crippen LogP contribution >= 0.6 is 15.9 Å². The fourth-order valence-corrected chi connectivity index (χ4v) is 2.19. The van der Waals surface area contributed by atoms with Gasteiger partial charge in [0.25, 0.3) is 5.91 Å². The number of hydrazone groups is 1. The fraction of sp³-hybridized carbons (Fsp3) is 0.125. The van der Waals surface area contributed by atoms with Crippen LogP contribution in [-0.4, -0.2) is 36.1 Å². The molecule has 0 unspecified atom stereocenters. The molecule has 0 bridgehead atoms. The van der Waals surface area contributed by atoms with E-state index in [0.29, 0.717) is 21.5 Å². The number of hydrogen-bond acceptors (Lipinski definition) is 6. The molecule has 0 fully saturated rings. The number of nitrogens with one attached hydrogen (secondary N) is 1. The first-order valence-electron chi connectivity index (χ1n) is 6.80. The third-order valence-electron chi connectivity index (χ3n) is 2.90. The van der Waals surface area contributed by atoms with E-state index in [1.165, 1.54) is 24.4 Å². The van der Waals surface area contributed by atoms with Crippen molar-refractivity contribution < 1.29 is 24.5 Å². The molecule has 0 atom stereocenters. The Morgan fingerprint density at radius 3 is 2.75 bits per heavy atom. The van der Waals surface area contributed by atoms with Gasteiger partial charge in [-0.3, -0.25) is 4.79 Å². The highest BCUT2D eigenvalue weighted by atomic mass is 79.9. The van der Waals surface area contributed by atoms with E-state index in [1.807, 2.05) is 0 Å². The Balaban J connectivity index is 1.86. The molecule has 0 saturated carbocycles. The minimum Gasteiger partial charge on any atom is -0.508 e. The number of carbonyl (C=O) groups excluding carboxylic acids is 1. The smallest absolute Gasteiger partial charge is 0.277 e. The number of aromatic hydroxyl groups is 2. The predicted octanol–water partition coefficient (Wildman–Crippen LogP) is 2.40. The van der Waals surface area contributed by atoms with Crippen LogP contribution in [0, 0.1) is 0 Å². The van der Waals surface area contributed by atoms with E-state index in [9.17, 15) is 15.0 Å². The second-order valence-corrected chi connectivity index (χ2v) is 5.48. The van der Waals surface area contributed by atoms with Gasteiger partial charge in [-0.05, 0) is 46.3 Å². The molecule has 2 aromatic rings. The summed E-state index contributed by atoms with van der Waals surface area (Å²) >= 11 is 3.32. The number of carbonyl (C=O) groups is 1. The van der Waals surface area contributed by atoms with E-state index < -0.39 is 5.91 Å². The molecule has 8 heteroatoms. The molecule has 0 aliphatic heterocycles. The van der Waals surface area contributed by atoms with Crippen molar-refractivity contribution in [2.75, 3.05) is 13.7 Å². The minimum atomic E-state index is -0.466. The molecular formula is C16H15BrN2O5. The van der Waals surface area contributed by atoms with Gasteiger partial charge in [0.05, 0.1) is 17.8 Å². The van der Waals surface area contributed by atoms with Crippen molar-refractivity contribution in [2.24, 2.45) is 5.10 Å². The van der Waals surface area contributed by atoms with Crippen LogP contribution in [0.1, 0.15) is 5.56 Å². The topological polar surface area (TPSA) is 100 Å². The maximum absolute atomic E-state index is 11.7. The van der Waals surface area contributed by atoms with Gasteiger partial charge in [0.2, 0.25) is 0 Å². The quantitative estimate of drug-likeness (QED) is 0.515. The monoisotopic (exact) mass is 394 g/mol. The highest BCUT2D eigenvalue weighted by molar-refractivity contribution is 9.10. The second-order valence-electron chi connectivity index (χ2n) is 4.62. The first-order chi connectivity index (χ1) is 11.5. The van der Waals surface area contributed by atoms with Crippen LogP contribution in [0.3, 0.4) is 0 Å². The Morgan fingerprint density at radius 1 is 1.29 bits per heavy atom. The Kier molecular flexibility index (Phi) is 6.02. The number of amides is 1. The highest BCUT2D eigenvalue weighted by Crippen LogP contribution is 2.29. The molecule has 0 heterocycles.